The Kier molecular flexibility index (Phi) is 4.93. The van der Waals surface area contributed by atoms with Gasteiger partial charge in [-0.1, -0.05) is 17.7 Å². The monoisotopic (exact) mass is 434 g/mol. The summed E-state index contributed by atoms with van der Waals surface area (Å²) in [6, 6.07) is 4.08. The van der Waals surface area contributed by atoms with E-state index in [2.05, 4.69) is 5.32 Å². The number of halogens is 2. The van der Waals surface area contributed by atoms with Crippen molar-refractivity contribution in [1.82, 2.24) is 14.9 Å². The molecule has 2 N–H and O–H groups in total. The standard InChI is InChI=1S/C20H20ClFN4O4/c1-10-3-6-15-24(2)20(30)16-18(28)17(27)13(9-25(16)26(10)15)19(29)23-8-11-4-5-12(21)7-14(11)22/h4-5,7,9-10,15,28H,3,6,8H2,1-2H3,(H,23,29)/t10-,15+/m1/s1. The second kappa shape index (κ2) is 7.32. The lowest BCUT2D eigenvalue weighted by atomic mass is 10.1. The van der Waals surface area contributed by atoms with Crippen molar-refractivity contribution in [3.05, 3.63) is 62.3 Å². The van der Waals surface area contributed by atoms with Crippen LogP contribution in [0.25, 0.3) is 0 Å². The molecule has 0 spiro atoms. The molecule has 1 aromatic carbocycles. The molecule has 2 aliphatic heterocycles. The number of nitrogens with one attached hydrogen (secondary N) is 1. The van der Waals surface area contributed by atoms with E-state index in [1.54, 1.807) is 7.05 Å². The topological polar surface area (TPSA) is 94.9 Å². The van der Waals surface area contributed by atoms with Crippen LogP contribution in [0.1, 0.15) is 46.2 Å². The zero-order valence-corrected chi connectivity index (χ0v) is 17.1. The van der Waals surface area contributed by atoms with Crippen LogP contribution in [0.2, 0.25) is 5.02 Å². The van der Waals surface area contributed by atoms with Gasteiger partial charge in [-0.25, -0.2) is 4.39 Å². The summed E-state index contributed by atoms with van der Waals surface area (Å²) >= 11 is 5.72. The van der Waals surface area contributed by atoms with E-state index in [1.807, 2.05) is 11.9 Å². The normalized spacial score (nSPS) is 20.2. The van der Waals surface area contributed by atoms with Crippen molar-refractivity contribution >= 4 is 23.4 Å². The lowest BCUT2D eigenvalue weighted by molar-refractivity contribution is 0.0649. The second-order valence-electron chi connectivity index (χ2n) is 7.54. The molecule has 158 valence electrons. The summed E-state index contributed by atoms with van der Waals surface area (Å²) in [5.74, 6) is -2.64. The summed E-state index contributed by atoms with van der Waals surface area (Å²) < 4.78 is 15.4. The minimum absolute atomic E-state index is 0.0327. The van der Waals surface area contributed by atoms with E-state index in [-0.39, 0.29) is 40.6 Å². The molecule has 1 saturated heterocycles. The van der Waals surface area contributed by atoms with Crippen LogP contribution in [0.5, 0.6) is 5.75 Å². The van der Waals surface area contributed by atoms with E-state index in [9.17, 15) is 23.9 Å². The number of carbonyl (C=O) groups excluding carboxylic acids is 2. The Balaban J connectivity index is 1.70. The zero-order chi connectivity index (χ0) is 21.7. The van der Waals surface area contributed by atoms with Crippen LogP contribution in [0.15, 0.2) is 29.2 Å². The number of benzene rings is 1. The first kappa shape index (κ1) is 20.2. The summed E-state index contributed by atoms with van der Waals surface area (Å²) in [4.78, 5) is 39.5. The number of rotatable bonds is 3. The van der Waals surface area contributed by atoms with E-state index < -0.39 is 28.8 Å². The van der Waals surface area contributed by atoms with E-state index >= 15 is 0 Å². The quantitative estimate of drug-likeness (QED) is 0.768. The lowest BCUT2D eigenvalue weighted by Crippen LogP contribution is -2.59. The van der Waals surface area contributed by atoms with Gasteiger partial charge in [-0.15, -0.1) is 0 Å². The maximum atomic E-state index is 14.0. The Labute approximate surface area is 176 Å². The highest BCUT2D eigenvalue weighted by Gasteiger charge is 2.43. The molecule has 0 bridgehead atoms. The molecular weight excluding hydrogens is 415 g/mol. The molecule has 8 nitrogen and oxygen atoms in total. The second-order valence-corrected chi connectivity index (χ2v) is 7.97. The van der Waals surface area contributed by atoms with E-state index in [4.69, 9.17) is 11.6 Å². The maximum absolute atomic E-state index is 14.0. The third-order valence-electron chi connectivity index (χ3n) is 5.68. The molecule has 2 aliphatic rings. The summed E-state index contributed by atoms with van der Waals surface area (Å²) in [7, 11) is 1.62. The molecule has 2 amide bonds. The van der Waals surface area contributed by atoms with Crippen LogP contribution in [-0.4, -0.2) is 45.8 Å². The molecule has 3 heterocycles. The van der Waals surface area contributed by atoms with Crippen molar-refractivity contribution in [3.63, 3.8) is 0 Å². The van der Waals surface area contributed by atoms with Gasteiger partial charge in [-0.2, -0.15) is 0 Å². The Hall–Kier alpha value is -3.07. The number of fused-ring (bicyclic) bond motifs is 3. The fraction of sp³-hybridized carbons (Fsp3) is 0.350. The number of hydrogen-bond donors (Lipinski definition) is 2. The van der Waals surface area contributed by atoms with Gasteiger partial charge in [0.15, 0.2) is 11.4 Å². The van der Waals surface area contributed by atoms with Crippen molar-refractivity contribution in [2.45, 2.75) is 38.5 Å². The van der Waals surface area contributed by atoms with Crippen molar-refractivity contribution in [2.24, 2.45) is 0 Å². The molecule has 0 saturated carbocycles. The van der Waals surface area contributed by atoms with Crippen LogP contribution in [0.3, 0.4) is 0 Å². The average molecular weight is 435 g/mol. The smallest absolute Gasteiger partial charge is 0.277 e. The van der Waals surface area contributed by atoms with Gasteiger partial charge in [0.1, 0.15) is 17.5 Å². The summed E-state index contributed by atoms with van der Waals surface area (Å²) in [6.07, 6.45) is 2.57. The van der Waals surface area contributed by atoms with Crippen molar-refractivity contribution in [2.75, 3.05) is 12.1 Å². The first-order valence-electron chi connectivity index (χ1n) is 9.47. The minimum Gasteiger partial charge on any atom is -0.502 e. The van der Waals surface area contributed by atoms with Gasteiger partial charge in [0.2, 0.25) is 5.43 Å². The van der Waals surface area contributed by atoms with Crippen molar-refractivity contribution < 1.29 is 19.1 Å². The van der Waals surface area contributed by atoms with Gasteiger partial charge >= 0.3 is 0 Å². The number of carbonyl (C=O) groups is 2. The van der Waals surface area contributed by atoms with Crippen LogP contribution in [0, 0.1) is 5.82 Å². The molecule has 1 fully saturated rings. The highest BCUT2D eigenvalue weighted by atomic mass is 35.5. The fourth-order valence-electron chi connectivity index (χ4n) is 4.05. The number of aromatic nitrogens is 1. The van der Waals surface area contributed by atoms with Crippen LogP contribution in [0.4, 0.5) is 4.39 Å². The Morgan fingerprint density at radius 3 is 2.77 bits per heavy atom. The molecule has 30 heavy (non-hydrogen) atoms. The lowest BCUT2D eigenvalue weighted by Gasteiger charge is -2.43. The number of pyridine rings is 1. The Morgan fingerprint density at radius 1 is 1.33 bits per heavy atom. The fourth-order valence-corrected chi connectivity index (χ4v) is 4.20. The molecule has 0 aliphatic carbocycles. The molecule has 1 aromatic heterocycles. The summed E-state index contributed by atoms with van der Waals surface area (Å²) in [6.45, 7) is 1.79. The largest absolute Gasteiger partial charge is 0.502 e. The van der Waals surface area contributed by atoms with Crippen LogP contribution in [-0.2, 0) is 6.54 Å². The predicted octanol–water partition coefficient (Wildman–Crippen LogP) is 1.81. The van der Waals surface area contributed by atoms with Crippen molar-refractivity contribution in [1.29, 1.82) is 0 Å². The minimum atomic E-state index is -0.956. The number of hydrogen-bond acceptors (Lipinski definition) is 5. The van der Waals surface area contributed by atoms with E-state index in [0.29, 0.717) is 0 Å². The van der Waals surface area contributed by atoms with E-state index in [0.717, 1.165) is 18.9 Å². The highest BCUT2D eigenvalue weighted by molar-refractivity contribution is 6.30. The Morgan fingerprint density at radius 2 is 2.07 bits per heavy atom. The molecule has 2 aromatic rings. The van der Waals surface area contributed by atoms with Gasteiger partial charge in [0.25, 0.3) is 11.8 Å². The van der Waals surface area contributed by atoms with Gasteiger partial charge < -0.3 is 15.3 Å². The Bertz CT molecular complexity index is 1120. The number of amides is 2. The third-order valence-corrected chi connectivity index (χ3v) is 5.92. The van der Waals surface area contributed by atoms with Gasteiger partial charge in [-0.3, -0.25) is 24.1 Å². The SMILES string of the molecule is C[C@@H]1CC[C@H]2N(C)C(=O)c3c(O)c(=O)c(C(=O)NCc4ccc(Cl)cc4F)cn3N12. The molecule has 0 radical (unpaired) electrons. The zero-order valence-electron chi connectivity index (χ0n) is 16.4. The first-order valence-corrected chi connectivity index (χ1v) is 9.85. The maximum Gasteiger partial charge on any atom is 0.277 e. The highest BCUT2D eigenvalue weighted by Crippen LogP contribution is 2.32. The molecular formula is C20H20ClFN4O4. The van der Waals surface area contributed by atoms with Gasteiger partial charge in [-0.05, 0) is 31.9 Å². The molecule has 10 heteroatoms. The van der Waals surface area contributed by atoms with E-state index in [1.165, 1.54) is 27.9 Å². The third kappa shape index (κ3) is 3.09. The van der Waals surface area contributed by atoms with Crippen LogP contribution < -0.4 is 15.8 Å². The number of nitrogens with zero attached hydrogens (tertiary/aromatic N) is 3. The summed E-state index contributed by atoms with van der Waals surface area (Å²) in [5.41, 5.74) is -1.27. The average Bonchev–Trinajstić information content (AvgIpc) is 3.09. The van der Waals surface area contributed by atoms with Crippen LogP contribution >= 0.6 is 11.6 Å². The molecule has 0 unspecified atom stereocenters. The van der Waals surface area contributed by atoms with Gasteiger partial charge in [0.05, 0.1) is 0 Å². The number of aromatic hydroxyl groups is 1. The molecule has 2 atom stereocenters. The van der Waals surface area contributed by atoms with Crippen molar-refractivity contribution in [3.8, 4) is 5.75 Å². The predicted molar refractivity (Wildman–Crippen MR) is 108 cm³/mol. The van der Waals surface area contributed by atoms with Gasteiger partial charge in [0, 0.05) is 36.4 Å². The summed E-state index contributed by atoms with van der Waals surface area (Å²) in [5, 5.41) is 15.0. The first-order chi connectivity index (χ1) is 14.2. The molecule has 4 rings (SSSR count).